The molecule has 0 spiro atoms. The maximum atomic E-state index is 13.1. The summed E-state index contributed by atoms with van der Waals surface area (Å²) in [5.41, 5.74) is 9.52. The van der Waals surface area contributed by atoms with E-state index >= 15 is 0 Å². The quantitative estimate of drug-likeness (QED) is 0.757. The van der Waals surface area contributed by atoms with E-state index in [-0.39, 0.29) is 35.5 Å². The highest BCUT2D eigenvalue weighted by atomic mass is 32.2. The molecule has 2 heterocycles. The first-order valence-corrected chi connectivity index (χ1v) is 10.5. The number of benzene rings is 1. The second-order valence-electron chi connectivity index (χ2n) is 7.63. The molecule has 2 aliphatic rings. The number of aromatic nitrogens is 1. The van der Waals surface area contributed by atoms with Gasteiger partial charge in [-0.3, -0.25) is 9.59 Å². The molecule has 1 aromatic heterocycles. The van der Waals surface area contributed by atoms with Gasteiger partial charge in [-0.05, 0) is 55.4 Å². The SMILES string of the molecule is Cc1ccc(C)c(N2C(=O)C[C@@H](Sc3nc(N)c(C#N)c(C4CC4)c3C#N)C2=O)c1. The van der Waals surface area contributed by atoms with Crippen molar-refractivity contribution in [3.8, 4) is 12.1 Å². The number of hydrogen-bond acceptors (Lipinski definition) is 7. The number of anilines is 2. The normalized spacial score (nSPS) is 18.4. The van der Waals surface area contributed by atoms with E-state index in [4.69, 9.17) is 5.73 Å². The van der Waals surface area contributed by atoms with Gasteiger partial charge in [-0.2, -0.15) is 10.5 Å². The van der Waals surface area contributed by atoms with E-state index in [1.165, 1.54) is 4.90 Å². The fourth-order valence-electron chi connectivity index (χ4n) is 3.73. The van der Waals surface area contributed by atoms with E-state index < -0.39 is 5.25 Å². The molecule has 0 bridgehead atoms. The van der Waals surface area contributed by atoms with E-state index in [2.05, 4.69) is 17.1 Å². The molecule has 2 aromatic rings. The van der Waals surface area contributed by atoms with E-state index in [9.17, 15) is 20.1 Å². The first kappa shape index (κ1) is 19.9. The summed E-state index contributed by atoms with van der Waals surface area (Å²) in [6.45, 7) is 3.76. The van der Waals surface area contributed by atoms with Gasteiger partial charge in [0.15, 0.2) is 0 Å². The van der Waals surface area contributed by atoms with Crippen LogP contribution in [-0.4, -0.2) is 22.0 Å². The standard InChI is InChI=1S/C22H19N5O2S/c1-11-3-4-12(2)16(7-11)27-18(28)8-17(22(27)29)30-21-15(10-24)19(13-5-6-13)14(9-23)20(25)26-21/h3-4,7,13,17H,5-6,8H2,1-2H3,(H2,25,26)/t17-/m1/s1. The molecule has 8 heteroatoms. The van der Waals surface area contributed by atoms with Crippen molar-refractivity contribution in [1.82, 2.24) is 4.98 Å². The molecule has 2 N–H and O–H groups in total. The molecule has 2 amide bonds. The first-order chi connectivity index (χ1) is 14.3. The Morgan fingerprint density at radius 3 is 2.50 bits per heavy atom. The maximum Gasteiger partial charge on any atom is 0.247 e. The Morgan fingerprint density at radius 1 is 1.17 bits per heavy atom. The molecule has 7 nitrogen and oxygen atoms in total. The third kappa shape index (κ3) is 3.30. The van der Waals surface area contributed by atoms with Crippen molar-refractivity contribution in [2.45, 2.75) is 49.3 Å². The van der Waals surface area contributed by atoms with Crippen LogP contribution in [0.5, 0.6) is 0 Å². The van der Waals surface area contributed by atoms with Crippen LogP contribution in [0.4, 0.5) is 11.5 Å². The van der Waals surface area contributed by atoms with Crippen LogP contribution in [0.1, 0.15) is 53.0 Å². The number of thioether (sulfide) groups is 1. The number of nitrogens with two attached hydrogens (primary N) is 1. The van der Waals surface area contributed by atoms with Crippen molar-refractivity contribution in [2.75, 3.05) is 10.6 Å². The molecule has 2 fully saturated rings. The number of pyridine rings is 1. The minimum Gasteiger partial charge on any atom is -0.383 e. The van der Waals surface area contributed by atoms with Crippen LogP contribution < -0.4 is 10.6 Å². The predicted octanol–water partition coefficient (Wildman–Crippen LogP) is 3.33. The number of rotatable bonds is 4. The molecule has 1 aliphatic carbocycles. The van der Waals surface area contributed by atoms with Gasteiger partial charge in [0.1, 0.15) is 23.0 Å². The number of amides is 2. The topological polar surface area (TPSA) is 124 Å². The highest BCUT2D eigenvalue weighted by Gasteiger charge is 2.42. The van der Waals surface area contributed by atoms with Crippen molar-refractivity contribution in [3.63, 3.8) is 0 Å². The van der Waals surface area contributed by atoms with Gasteiger partial charge in [0.2, 0.25) is 11.8 Å². The number of imide groups is 1. The predicted molar refractivity (Wildman–Crippen MR) is 113 cm³/mol. The third-order valence-electron chi connectivity index (χ3n) is 5.40. The molecular formula is C22H19N5O2S. The number of nitrogen functional groups attached to an aromatic ring is 1. The maximum absolute atomic E-state index is 13.1. The zero-order valence-electron chi connectivity index (χ0n) is 16.6. The lowest BCUT2D eigenvalue weighted by atomic mass is 10.0. The van der Waals surface area contributed by atoms with Crippen LogP contribution in [-0.2, 0) is 9.59 Å². The van der Waals surface area contributed by atoms with Crippen molar-refractivity contribution in [2.24, 2.45) is 0 Å². The lowest BCUT2D eigenvalue weighted by Gasteiger charge is -2.18. The molecule has 0 unspecified atom stereocenters. The summed E-state index contributed by atoms with van der Waals surface area (Å²) in [6, 6.07) is 9.84. The molecule has 1 aliphatic heterocycles. The number of carbonyl (C=O) groups is 2. The van der Waals surface area contributed by atoms with Gasteiger partial charge in [-0.1, -0.05) is 23.9 Å². The van der Waals surface area contributed by atoms with Crippen molar-refractivity contribution in [3.05, 3.63) is 46.0 Å². The molecule has 30 heavy (non-hydrogen) atoms. The van der Waals surface area contributed by atoms with Crippen LogP contribution in [0.15, 0.2) is 23.2 Å². The number of nitrogens with zero attached hydrogens (tertiary/aromatic N) is 4. The minimum absolute atomic E-state index is 0.0160. The minimum atomic E-state index is -0.698. The fraction of sp³-hybridized carbons (Fsp3) is 0.318. The summed E-state index contributed by atoms with van der Waals surface area (Å²) >= 11 is 1.08. The number of carbonyl (C=O) groups excluding carboxylic acids is 2. The zero-order chi connectivity index (χ0) is 21.6. The van der Waals surface area contributed by atoms with Crippen LogP contribution in [0.2, 0.25) is 0 Å². The van der Waals surface area contributed by atoms with Gasteiger partial charge in [0.05, 0.1) is 22.1 Å². The summed E-state index contributed by atoms with van der Waals surface area (Å²) in [5, 5.41) is 18.8. The van der Waals surface area contributed by atoms with E-state index in [0.29, 0.717) is 21.8 Å². The molecule has 1 aromatic carbocycles. The highest BCUT2D eigenvalue weighted by Crippen LogP contribution is 2.47. The molecular weight excluding hydrogens is 398 g/mol. The summed E-state index contributed by atoms with van der Waals surface area (Å²) in [6.07, 6.45) is 1.79. The summed E-state index contributed by atoms with van der Waals surface area (Å²) in [7, 11) is 0. The lowest BCUT2D eigenvalue weighted by molar-refractivity contribution is -0.121. The van der Waals surface area contributed by atoms with Crippen molar-refractivity contribution in [1.29, 1.82) is 10.5 Å². The molecule has 1 saturated heterocycles. The van der Waals surface area contributed by atoms with E-state index in [0.717, 1.165) is 35.7 Å². The summed E-state index contributed by atoms with van der Waals surface area (Å²) in [5.74, 6) is -0.440. The average Bonchev–Trinajstić information content (AvgIpc) is 3.50. The van der Waals surface area contributed by atoms with Crippen LogP contribution in [0.25, 0.3) is 0 Å². The third-order valence-corrected chi connectivity index (χ3v) is 6.58. The largest absolute Gasteiger partial charge is 0.383 e. The number of hydrogen-bond donors (Lipinski definition) is 1. The smallest absolute Gasteiger partial charge is 0.247 e. The fourth-order valence-corrected chi connectivity index (χ4v) is 4.86. The monoisotopic (exact) mass is 417 g/mol. The van der Waals surface area contributed by atoms with Crippen LogP contribution in [0.3, 0.4) is 0 Å². The van der Waals surface area contributed by atoms with Gasteiger partial charge in [-0.25, -0.2) is 9.88 Å². The Balaban J connectivity index is 1.70. The number of aryl methyl sites for hydroxylation is 2. The Kier molecular flexibility index (Phi) is 4.97. The van der Waals surface area contributed by atoms with Crippen molar-refractivity contribution >= 4 is 35.1 Å². The second kappa shape index (κ2) is 7.47. The summed E-state index contributed by atoms with van der Waals surface area (Å²) in [4.78, 5) is 31.3. The molecule has 4 rings (SSSR count). The first-order valence-electron chi connectivity index (χ1n) is 9.60. The van der Waals surface area contributed by atoms with Crippen LogP contribution in [0, 0.1) is 36.5 Å². The van der Waals surface area contributed by atoms with E-state index in [1.807, 2.05) is 32.0 Å². The highest BCUT2D eigenvalue weighted by molar-refractivity contribution is 8.00. The van der Waals surface area contributed by atoms with E-state index in [1.54, 1.807) is 0 Å². The molecule has 150 valence electrons. The van der Waals surface area contributed by atoms with Crippen molar-refractivity contribution < 1.29 is 9.59 Å². The van der Waals surface area contributed by atoms with Gasteiger partial charge < -0.3 is 5.73 Å². The van der Waals surface area contributed by atoms with Gasteiger partial charge >= 0.3 is 0 Å². The zero-order valence-corrected chi connectivity index (χ0v) is 17.4. The Hall–Kier alpha value is -3.36. The molecule has 0 radical (unpaired) electrons. The molecule has 1 atom stereocenters. The molecule has 1 saturated carbocycles. The Bertz CT molecular complexity index is 1170. The Morgan fingerprint density at radius 2 is 1.87 bits per heavy atom. The Labute approximate surface area is 178 Å². The number of nitriles is 2. The second-order valence-corrected chi connectivity index (χ2v) is 8.82. The van der Waals surface area contributed by atoms with Crippen LogP contribution >= 0.6 is 11.8 Å². The van der Waals surface area contributed by atoms with Gasteiger partial charge in [-0.15, -0.1) is 0 Å². The summed E-state index contributed by atoms with van der Waals surface area (Å²) < 4.78 is 0. The van der Waals surface area contributed by atoms with Gasteiger partial charge in [0.25, 0.3) is 0 Å². The van der Waals surface area contributed by atoms with Gasteiger partial charge in [0, 0.05) is 6.42 Å². The lowest BCUT2D eigenvalue weighted by Crippen LogP contribution is -2.31. The average molecular weight is 417 g/mol.